The van der Waals surface area contributed by atoms with Gasteiger partial charge < -0.3 is 0 Å². The minimum Gasteiger partial charge on any atom is -0.298 e. The van der Waals surface area contributed by atoms with E-state index < -0.39 is 0 Å². The Balaban J connectivity index is 1.87. The number of allylic oxidation sites excluding steroid dienone is 2. The van der Waals surface area contributed by atoms with Gasteiger partial charge in [0.2, 0.25) is 0 Å². The second-order valence-electron chi connectivity index (χ2n) is 6.06. The van der Waals surface area contributed by atoms with Crippen LogP contribution >= 0.6 is 0 Å². The van der Waals surface area contributed by atoms with Crippen molar-refractivity contribution in [3.8, 4) is 0 Å². The Kier molecular flexibility index (Phi) is 2.29. The second kappa shape index (κ2) is 3.89. The molecule has 96 valence electrons. The molecule has 3 aliphatic carbocycles. The molecular formula is C17H16O2. The molecule has 19 heavy (non-hydrogen) atoms. The number of carbonyl (C=O) groups excluding carboxylic acids is 2. The summed E-state index contributed by atoms with van der Waals surface area (Å²) in [7, 11) is 0. The van der Waals surface area contributed by atoms with Gasteiger partial charge in [-0.25, -0.2) is 0 Å². The summed E-state index contributed by atoms with van der Waals surface area (Å²) in [4.78, 5) is 24.3. The third-order valence-electron chi connectivity index (χ3n) is 5.30. The monoisotopic (exact) mass is 252 g/mol. The molecule has 4 atom stereocenters. The quantitative estimate of drug-likeness (QED) is 0.758. The van der Waals surface area contributed by atoms with Crippen LogP contribution < -0.4 is 0 Å². The van der Waals surface area contributed by atoms with Gasteiger partial charge in [0.25, 0.3) is 0 Å². The Morgan fingerprint density at radius 1 is 1.00 bits per heavy atom. The molecule has 2 heteroatoms. The summed E-state index contributed by atoms with van der Waals surface area (Å²) >= 11 is 0. The van der Waals surface area contributed by atoms with Gasteiger partial charge in [-0.1, -0.05) is 30.3 Å². The lowest BCUT2D eigenvalue weighted by atomic mass is 9.78. The SMILES string of the molecule is O=CC1=C(c2ccccc2)C(=O)[C@@H]2[C@H]3CC[C@H](C3)[C@H]12. The predicted octanol–water partition coefficient (Wildman–Crippen LogP) is 2.88. The van der Waals surface area contributed by atoms with Crippen LogP contribution in [-0.4, -0.2) is 12.1 Å². The summed E-state index contributed by atoms with van der Waals surface area (Å²) in [6.45, 7) is 0. The molecule has 0 N–H and O–H groups in total. The van der Waals surface area contributed by atoms with Crippen molar-refractivity contribution in [1.29, 1.82) is 0 Å². The molecule has 2 fully saturated rings. The van der Waals surface area contributed by atoms with Crippen molar-refractivity contribution in [2.24, 2.45) is 23.7 Å². The van der Waals surface area contributed by atoms with Gasteiger partial charge in [0.1, 0.15) is 6.29 Å². The molecule has 2 saturated carbocycles. The Morgan fingerprint density at radius 3 is 2.37 bits per heavy atom. The third-order valence-corrected chi connectivity index (χ3v) is 5.30. The minimum absolute atomic E-state index is 0.106. The normalized spacial score (nSPS) is 35.9. The number of fused-ring (bicyclic) bond motifs is 5. The van der Waals surface area contributed by atoms with E-state index >= 15 is 0 Å². The number of aldehydes is 1. The molecule has 1 aromatic rings. The van der Waals surface area contributed by atoms with Crippen LogP contribution in [0.15, 0.2) is 35.9 Å². The fraction of sp³-hybridized carbons (Fsp3) is 0.412. The molecule has 1 aromatic carbocycles. The Bertz CT molecular complexity index is 585. The summed E-state index contributed by atoms with van der Waals surface area (Å²) in [6, 6.07) is 9.69. The first-order valence-electron chi connectivity index (χ1n) is 7.10. The standard InChI is InChI=1S/C17H16O2/c18-9-13-14-11-6-7-12(8-11)16(14)17(19)15(13)10-4-2-1-3-5-10/h1-5,9,11-12,14,16H,6-8H2/t11-,12+,14-,16-/m1/s1. The molecular weight excluding hydrogens is 236 g/mol. The summed E-state index contributed by atoms with van der Waals surface area (Å²) < 4.78 is 0. The zero-order valence-electron chi connectivity index (χ0n) is 10.7. The van der Waals surface area contributed by atoms with Crippen LogP contribution in [0.2, 0.25) is 0 Å². The van der Waals surface area contributed by atoms with Crippen LogP contribution in [0.4, 0.5) is 0 Å². The molecule has 0 heterocycles. The minimum atomic E-state index is 0.106. The maximum atomic E-state index is 12.7. The number of ketones is 1. The highest BCUT2D eigenvalue weighted by Gasteiger charge is 2.56. The summed E-state index contributed by atoms with van der Waals surface area (Å²) in [5.74, 6) is 1.65. The summed E-state index contributed by atoms with van der Waals surface area (Å²) in [5, 5.41) is 0. The molecule has 0 unspecified atom stereocenters. The van der Waals surface area contributed by atoms with Crippen LogP contribution in [0.3, 0.4) is 0 Å². The number of carbonyl (C=O) groups is 2. The van der Waals surface area contributed by atoms with Crippen molar-refractivity contribution in [3.05, 3.63) is 41.5 Å². The van der Waals surface area contributed by atoms with Gasteiger partial charge in [0, 0.05) is 23.0 Å². The molecule has 4 rings (SSSR count). The van der Waals surface area contributed by atoms with E-state index in [1.54, 1.807) is 0 Å². The predicted molar refractivity (Wildman–Crippen MR) is 72.2 cm³/mol. The van der Waals surface area contributed by atoms with Crippen LogP contribution in [0.25, 0.3) is 5.57 Å². The molecule has 0 spiro atoms. The van der Waals surface area contributed by atoms with Gasteiger partial charge in [-0.05, 0) is 36.7 Å². The van der Waals surface area contributed by atoms with Crippen LogP contribution in [-0.2, 0) is 9.59 Å². The van der Waals surface area contributed by atoms with Gasteiger partial charge >= 0.3 is 0 Å². The average Bonchev–Trinajstić information content (AvgIpc) is 3.11. The van der Waals surface area contributed by atoms with E-state index in [0.717, 1.165) is 23.8 Å². The lowest BCUT2D eigenvalue weighted by Crippen LogP contribution is -2.24. The van der Waals surface area contributed by atoms with E-state index in [-0.39, 0.29) is 17.6 Å². The topological polar surface area (TPSA) is 34.1 Å². The molecule has 0 saturated heterocycles. The highest BCUT2D eigenvalue weighted by Crippen LogP contribution is 2.59. The van der Waals surface area contributed by atoms with E-state index in [1.165, 1.54) is 12.8 Å². The van der Waals surface area contributed by atoms with Gasteiger partial charge in [0.15, 0.2) is 5.78 Å². The van der Waals surface area contributed by atoms with Crippen LogP contribution in [0.5, 0.6) is 0 Å². The lowest BCUT2D eigenvalue weighted by Gasteiger charge is -2.23. The van der Waals surface area contributed by atoms with Gasteiger partial charge in [-0.15, -0.1) is 0 Å². The van der Waals surface area contributed by atoms with E-state index in [2.05, 4.69) is 0 Å². The highest BCUT2D eigenvalue weighted by molar-refractivity contribution is 6.29. The van der Waals surface area contributed by atoms with E-state index in [4.69, 9.17) is 0 Å². The maximum Gasteiger partial charge on any atom is 0.167 e. The molecule has 2 nitrogen and oxygen atoms in total. The fourth-order valence-electron chi connectivity index (χ4n) is 4.64. The van der Waals surface area contributed by atoms with Gasteiger partial charge in [-0.3, -0.25) is 9.59 Å². The molecule has 0 radical (unpaired) electrons. The number of hydrogen-bond donors (Lipinski definition) is 0. The number of hydrogen-bond acceptors (Lipinski definition) is 2. The Labute approximate surface area is 112 Å². The largest absolute Gasteiger partial charge is 0.298 e. The van der Waals surface area contributed by atoms with Crippen molar-refractivity contribution in [2.45, 2.75) is 19.3 Å². The molecule has 2 bridgehead atoms. The van der Waals surface area contributed by atoms with E-state index in [0.29, 0.717) is 17.4 Å². The van der Waals surface area contributed by atoms with E-state index in [9.17, 15) is 9.59 Å². The van der Waals surface area contributed by atoms with Crippen LogP contribution in [0, 0.1) is 23.7 Å². The number of rotatable bonds is 2. The zero-order valence-corrected chi connectivity index (χ0v) is 10.7. The first-order chi connectivity index (χ1) is 9.31. The van der Waals surface area contributed by atoms with Crippen molar-refractivity contribution in [1.82, 2.24) is 0 Å². The first kappa shape index (κ1) is 11.2. The molecule has 0 aliphatic heterocycles. The van der Waals surface area contributed by atoms with Crippen molar-refractivity contribution < 1.29 is 9.59 Å². The average molecular weight is 252 g/mol. The second-order valence-corrected chi connectivity index (χ2v) is 6.06. The van der Waals surface area contributed by atoms with Crippen molar-refractivity contribution in [2.75, 3.05) is 0 Å². The van der Waals surface area contributed by atoms with E-state index in [1.807, 2.05) is 30.3 Å². The van der Waals surface area contributed by atoms with Gasteiger partial charge in [0.05, 0.1) is 0 Å². The molecule has 0 aromatic heterocycles. The molecule has 3 aliphatic rings. The number of benzene rings is 1. The smallest absolute Gasteiger partial charge is 0.167 e. The lowest BCUT2D eigenvalue weighted by molar-refractivity contribution is -0.118. The third kappa shape index (κ3) is 1.37. The highest BCUT2D eigenvalue weighted by atomic mass is 16.1. The first-order valence-corrected chi connectivity index (χ1v) is 7.10. The summed E-state index contributed by atoms with van der Waals surface area (Å²) in [6.07, 6.45) is 4.47. The Hall–Kier alpha value is -1.70. The molecule has 0 amide bonds. The zero-order chi connectivity index (χ0) is 13.0. The Morgan fingerprint density at radius 2 is 1.68 bits per heavy atom. The summed E-state index contributed by atoms with van der Waals surface area (Å²) in [5.41, 5.74) is 2.42. The van der Waals surface area contributed by atoms with Crippen molar-refractivity contribution >= 4 is 17.6 Å². The van der Waals surface area contributed by atoms with Crippen molar-refractivity contribution in [3.63, 3.8) is 0 Å². The van der Waals surface area contributed by atoms with Crippen LogP contribution in [0.1, 0.15) is 24.8 Å². The fourth-order valence-corrected chi connectivity index (χ4v) is 4.64. The number of Topliss-reactive ketones (excluding diaryl/α,β-unsaturated/α-hetero) is 1. The maximum absolute atomic E-state index is 12.7. The van der Waals surface area contributed by atoms with Gasteiger partial charge in [-0.2, -0.15) is 0 Å².